The van der Waals surface area contributed by atoms with E-state index in [-0.39, 0.29) is 17.3 Å². The van der Waals surface area contributed by atoms with Crippen LogP contribution in [0.4, 0.5) is 0 Å². The van der Waals surface area contributed by atoms with Gasteiger partial charge in [0.15, 0.2) is 0 Å². The third-order valence-electron chi connectivity index (χ3n) is 4.22. The number of rotatable bonds is 5. The number of ether oxygens (including phenoxy) is 1. The van der Waals surface area contributed by atoms with Crippen LogP contribution in [0, 0.1) is 0 Å². The SMILES string of the molecule is CC(C)(CNC(=O)c1n[nH]c(C2CC2)n1)N1CCOCC1. The quantitative estimate of drug-likeness (QED) is 0.827. The first-order valence-corrected chi connectivity index (χ1v) is 7.59. The van der Waals surface area contributed by atoms with Crippen LogP contribution in [-0.4, -0.2) is 64.4 Å². The van der Waals surface area contributed by atoms with Crippen LogP contribution in [-0.2, 0) is 4.74 Å². The molecule has 0 radical (unpaired) electrons. The first kappa shape index (κ1) is 14.5. The van der Waals surface area contributed by atoms with Gasteiger partial charge in [0.25, 0.3) is 5.91 Å². The van der Waals surface area contributed by atoms with Crippen molar-refractivity contribution in [1.29, 1.82) is 0 Å². The molecule has 0 aromatic carbocycles. The highest BCUT2D eigenvalue weighted by molar-refractivity contribution is 5.90. The van der Waals surface area contributed by atoms with Gasteiger partial charge in [0.1, 0.15) is 5.82 Å². The molecule has 3 rings (SSSR count). The van der Waals surface area contributed by atoms with Crippen LogP contribution in [0.15, 0.2) is 0 Å². The lowest BCUT2D eigenvalue weighted by Gasteiger charge is -2.40. The third-order valence-corrected chi connectivity index (χ3v) is 4.22. The summed E-state index contributed by atoms with van der Waals surface area (Å²) in [6.07, 6.45) is 2.28. The second-order valence-electron chi connectivity index (χ2n) is 6.41. The van der Waals surface area contributed by atoms with Crippen LogP contribution in [0.25, 0.3) is 0 Å². The molecular weight excluding hydrogens is 270 g/mol. The molecule has 1 aliphatic carbocycles. The van der Waals surface area contributed by atoms with Gasteiger partial charge < -0.3 is 10.1 Å². The highest BCUT2D eigenvalue weighted by Gasteiger charge is 2.30. The molecule has 0 unspecified atom stereocenters. The number of nitrogens with one attached hydrogen (secondary N) is 2. The summed E-state index contributed by atoms with van der Waals surface area (Å²) in [6, 6.07) is 0. The molecule has 0 bridgehead atoms. The third kappa shape index (κ3) is 3.41. The fourth-order valence-electron chi connectivity index (χ4n) is 2.57. The van der Waals surface area contributed by atoms with Gasteiger partial charge in [0, 0.05) is 31.1 Å². The minimum atomic E-state index is -0.209. The van der Waals surface area contributed by atoms with Gasteiger partial charge in [-0.25, -0.2) is 4.98 Å². The molecule has 2 aliphatic rings. The minimum absolute atomic E-state index is 0.102. The summed E-state index contributed by atoms with van der Waals surface area (Å²) in [7, 11) is 0. The molecule has 0 atom stereocenters. The maximum Gasteiger partial charge on any atom is 0.291 e. The Bertz CT molecular complexity index is 503. The largest absolute Gasteiger partial charge is 0.379 e. The summed E-state index contributed by atoms with van der Waals surface area (Å²) < 4.78 is 5.37. The lowest BCUT2D eigenvalue weighted by atomic mass is 10.0. The first-order valence-electron chi connectivity index (χ1n) is 7.59. The molecule has 2 N–H and O–H groups in total. The van der Waals surface area contributed by atoms with Gasteiger partial charge >= 0.3 is 0 Å². The fourth-order valence-corrected chi connectivity index (χ4v) is 2.57. The summed E-state index contributed by atoms with van der Waals surface area (Å²) in [6.45, 7) is 8.13. The Hall–Kier alpha value is -1.47. The van der Waals surface area contributed by atoms with Crippen LogP contribution >= 0.6 is 0 Å². The maximum atomic E-state index is 12.1. The Labute approximate surface area is 124 Å². The van der Waals surface area contributed by atoms with E-state index in [9.17, 15) is 4.79 Å². The smallest absolute Gasteiger partial charge is 0.291 e. The van der Waals surface area contributed by atoms with Crippen molar-refractivity contribution in [2.45, 2.75) is 38.1 Å². The van der Waals surface area contributed by atoms with Gasteiger partial charge in [-0.15, -0.1) is 5.10 Å². The zero-order valence-corrected chi connectivity index (χ0v) is 12.7. The van der Waals surface area contributed by atoms with Gasteiger partial charge in [-0.05, 0) is 26.7 Å². The highest BCUT2D eigenvalue weighted by Crippen LogP contribution is 2.37. The first-order chi connectivity index (χ1) is 10.1. The normalized spacial score (nSPS) is 20.5. The number of nitrogens with zero attached hydrogens (tertiary/aromatic N) is 3. The molecule has 1 saturated carbocycles. The van der Waals surface area contributed by atoms with Crippen molar-refractivity contribution >= 4 is 5.91 Å². The average molecular weight is 293 g/mol. The number of amides is 1. The standard InChI is InChI=1S/C14H23N5O2/c1-14(2,19-5-7-21-8-6-19)9-15-13(20)12-16-11(17-18-12)10-3-4-10/h10H,3-9H2,1-2H3,(H,15,20)(H,16,17,18). The lowest BCUT2D eigenvalue weighted by Crippen LogP contribution is -2.55. The van der Waals surface area contributed by atoms with Crippen LogP contribution in [0.5, 0.6) is 0 Å². The van der Waals surface area contributed by atoms with Crippen LogP contribution in [0.1, 0.15) is 49.1 Å². The molecule has 2 heterocycles. The summed E-state index contributed by atoms with van der Waals surface area (Å²) in [5, 5.41) is 9.81. The van der Waals surface area contributed by atoms with E-state index < -0.39 is 0 Å². The van der Waals surface area contributed by atoms with E-state index in [0.29, 0.717) is 12.5 Å². The van der Waals surface area contributed by atoms with Gasteiger partial charge in [-0.3, -0.25) is 14.8 Å². The Morgan fingerprint density at radius 1 is 1.43 bits per heavy atom. The number of morpholine rings is 1. The van der Waals surface area contributed by atoms with E-state index in [2.05, 4.69) is 39.2 Å². The van der Waals surface area contributed by atoms with Crippen molar-refractivity contribution in [2.75, 3.05) is 32.8 Å². The summed E-state index contributed by atoms with van der Waals surface area (Å²) in [5.41, 5.74) is -0.102. The monoisotopic (exact) mass is 293 g/mol. The summed E-state index contributed by atoms with van der Waals surface area (Å²) in [4.78, 5) is 18.7. The Kier molecular flexibility index (Phi) is 3.95. The molecular formula is C14H23N5O2. The molecule has 1 aliphatic heterocycles. The van der Waals surface area contributed by atoms with Crippen molar-refractivity contribution in [3.63, 3.8) is 0 Å². The van der Waals surface area contributed by atoms with Crippen molar-refractivity contribution < 1.29 is 9.53 Å². The van der Waals surface area contributed by atoms with E-state index >= 15 is 0 Å². The van der Waals surface area contributed by atoms with E-state index in [1.807, 2.05) is 0 Å². The van der Waals surface area contributed by atoms with E-state index in [0.717, 1.165) is 45.0 Å². The topological polar surface area (TPSA) is 83.1 Å². The molecule has 7 nitrogen and oxygen atoms in total. The van der Waals surface area contributed by atoms with Gasteiger partial charge in [0.2, 0.25) is 5.82 Å². The minimum Gasteiger partial charge on any atom is -0.379 e. The Balaban J connectivity index is 1.53. The molecule has 7 heteroatoms. The number of hydrogen-bond donors (Lipinski definition) is 2. The fraction of sp³-hybridized carbons (Fsp3) is 0.786. The van der Waals surface area contributed by atoms with Crippen molar-refractivity contribution in [3.05, 3.63) is 11.6 Å². The number of H-pyrrole nitrogens is 1. The number of carbonyl (C=O) groups is 1. The second-order valence-corrected chi connectivity index (χ2v) is 6.41. The number of hydrogen-bond acceptors (Lipinski definition) is 5. The maximum absolute atomic E-state index is 12.1. The van der Waals surface area contributed by atoms with Crippen molar-refractivity contribution in [3.8, 4) is 0 Å². The molecule has 1 saturated heterocycles. The highest BCUT2D eigenvalue weighted by atomic mass is 16.5. The molecule has 1 aromatic rings. The van der Waals surface area contributed by atoms with Gasteiger partial charge in [0.05, 0.1) is 13.2 Å². The molecule has 0 spiro atoms. The van der Waals surface area contributed by atoms with E-state index in [1.54, 1.807) is 0 Å². The predicted molar refractivity (Wildman–Crippen MR) is 77.2 cm³/mol. The molecule has 116 valence electrons. The second kappa shape index (κ2) is 5.73. The lowest BCUT2D eigenvalue weighted by molar-refractivity contribution is -0.00926. The van der Waals surface area contributed by atoms with E-state index in [4.69, 9.17) is 4.74 Å². The molecule has 1 aromatic heterocycles. The van der Waals surface area contributed by atoms with Gasteiger partial charge in [-0.1, -0.05) is 0 Å². The summed E-state index contributed by atoms with van der Waals surface area (Å²) >= 11 is 0. The predicted octanol–water partition coefficient (Wildman–Crippen LogP) is 0.523. The van der Waals surface area contributed by atoms with E-state index in [1.165, 1.54) is 0 Å². The van der Waals surface area contributed by atoms with Crippen LogP contribution in [0.3, 0.4) is 0 Å². The number of aromatic amines is 1. The van der Waals surface area contributed by atoms with Crippen LogP contribution < -0.4 is 5.32 Å². The molecule has 1 amide bonds. The molecule has 21 heavy (non-hydrogen) atoms. The summed E-state index contributed by atoms with van der Waals surface area (Å²) in [5.74, 6) is 1.35. The zero-order valence-electron chi connectivity index (χ0n) is 12.7. The van der Waals surface area contributed by atoms with Crippen LogP contribution in [0.2, 0.25) is 0 Å². The van der Waals surface area contributed by atoms with Crippen molar-refractivity contribution in [2.24, 2.45) is 0 Å². The zero-order chi connectivity index (χ0) is 14.9. The van der Waals surface area contributed by atoms with Gasteiger partial charge in [-0.2, -0.15) is 0 Å². The number of aromatic nitrogens is 3. The Morgan fingerprint density at radius 3 is 2.81 bits per heavy atom. The molecule has 2 fully saturated rings. The van der Waals surface area contributed by atoms with Crippen molar-refractivity contribution in [1.82, 2.24) is 25.4 Å². The average Bonchev–Trinajstić information content (AvgIpc) is 3.23. The Morgan fingerprint density at radius 2 is 2.14 bits per heavy atom. The number of carbonyl (C=O) groups excluding carboxylic acids is 1.